The Bertz CT molecular complexity index is 763. The van der Waals surface area contributed by atoms with Gasteiger partial charge in [0.2, 0.25) is 5.91 Å². The molecule has 1 aliphatic carbocycles. The van der Waals surface area contributed by atoms with Crippen LogP contribution < -0.4 is 4.74 Å². The van der Waals surface area contributed by atoms with Crippen LogP contribution in [0.25, 0.3) is 0 Å². The number of ether oxygens (including phenoxy) is 1. The second-order valence-corrected chi connectivity index (χ2v) is 8.23. The standard InChI is InChI=1S/C23H33N3O2/c1-18(2)14-23(27)26(20-9-5-4-6-10-20)17-22-24-12-13-25(22)16-19-8-7-11-21(15-19)28-3/h7-8,11-13,15,18,20H,4-6,9-10,14,16-17H2,1-3H3. The molecule has 1 aromatic heterocycles. The SMILES string of the molecule is COc1cccc(Cn2ccnc2CN(C(=O)CC(C)C)C2CCCCC2)c1. The minimum Gasteiger partial charge on any atom is -0.497 e. The summed E-state index contributed by atoms with van der Waals surface area (Å²) in [4.78, 5) is 19.7. The van der Waals surface area contributed by atoms with Crippen LogP contribution in [0.3, 0.4) is 0 Å². The largest absolute Gasteiger partial charge is 0.497 e. The van der Waals surface area contributed by atoms with E-state index >= 15 is 0 Å². The Labute approximate surface area is 168 Å². The van der Waals surface area contributed by atoms with Crippen LogP contribution in [0.4, 0.5) is 0 Å². The van der Waals surface area contributed by atoms with Gasteiger partial charge in [0.15, 0.2) is 0 Å². The summed E-state index contributed by atoms with van der Waals surface area (Å²) in [6, 6.07) is 8.45. The van der Waals surface area contributed by atoms with Crippen molar-refractivity contribution in [1.29, 1.82) is 0 Å². The van der Waals surface area contributed by atoms with E-state index in [-0.39, 0.29) is 5.91 Å². The Morgan fingerprint density at radius 2 is 2.07 bits per heavy atom. The molecule has 152 valence electrons. The summed E-state index contributed by atoms with van der Waals surface area (Å²) < 4.78 is 7.48. The summed E-state index contributed by atoms with van der Waals surface area (Å²) in [5, 5.41) is 0. The highest BCUT2D eigenvalue weighted by molar-refractivity contribution is 5.76. The first-order valence-corrected chi connectivity index (χ1v) is 10.5. The molecule has 1 heterocycles. The van der Waals surface area contributed by atoms with Crippen LogP contribution in [-0.2, 0) is 17.9 Å². The fourth-order valence-corrected chi connectivity index (χ4v) is 4.04. The van der Waals surface area contributed by atoms with Gasteiger partial charge >= 0.3 is 0 Å². The highest BCUT2D eigenvalue weighted by Gasteiger charge is 2.27. The van der Waals surface area contributed by atoms with Gasteiger partial charge in [-0.15, -0.1) is 0 Å². The summed E-state index contributed by atoms with van der Waals surface area (Å²) in [6.45, 7) is 5.54. The summed E-state index contributed by atoms with van der Waals surface area (Å²) in [5.41, 5.74) is 1.16. The Morgan fingerprint density at radius 3 is 2.79 bits per heavy atom. The molecule has 0 bridgehead atoms. The minimum absolute atomic E-state index is 0.262. The molecule has 5 nitrogen and oxygen atoms in total. The highest BCUT2D eigenvalue weighted by Crippen LogP contribution is 2.25. The van der Waals surface area contributed by atoms with Gasteiger partial charge in [-0.1, -0.05) is 45.2 Å². The number of hydrogen-bond donors (Lipinski definition) is 0. The fraction of sp³-hybridized carbons (Fsp3) is 0.565. The highest BCUT2D eigenvalue weighted by atomic mass is 16.5. The molecule has 3 rings (SSSR count). The van der Waals surface area contributed by atoms with Crippen LogP contribution in [0.5, 0.6) is 5.75 Å². The Hall–Kier alpha value is -2.30. The van der Waals surface area contributed by atoms with Gasteiger partial charge in [0.05, 0.1) is 13.7 Å². The van der Waals surface area contributed by atoms with Crippen molar-refractivity contribution in [1.82, 2.24) is 14.5 Å². The van der Waals surface area contributed by atoms with E-state index in [0.717, 1.165) is 36.5 Å². The topological polar surface area (TPSA) is 47.4 Å². The van der Waals surface area contributed by atoms with E-state index in [4.69, 9.17) is 4.74 Å². The number of amides is 1. The van der Waals surface area contributed by atoms with Gasteiger partial charge in [-0.25, -0.2) is 4.98 Å². The van der Waals surface area contributed by atoms with Gasteiger partial charge in [0.25, 0.3) is 0 Å². The summed E-state index contributed by atoms with van der Waals surface area (Å²) >= 11 is 0. The molecule has 0 radical (unpaired) electrons. The number of aromatic nitrogens is 2. The number of imidazole rings is 1. The van der Waals surface area contributed by atoms with Crippen molar-refractivity contribution >= 4 is 5.91 Å². The van der Waals surface area contributed by atoms with Gasteiger partial charge in [-0.2, -0.15) is 0 Å². The van der Waals surface area contributed by atoms with E-state index in [1.165, 1.54) is 19.3 Å². The molecule has 1 aliphatic rings. The van der Waals surface area contributed by atoms with Gasteiger partial charge < -0.3 is 14.2 Å². The number of carbonyl (C=O) groups excluding carboxylic acids is 1. The molecule has 0 aliphatic heterocycles. The number of rotatable bonds is 8. The first kappa shape index (κ1) is 20.4. The number of methoxy groups -OCH3 is 1. The zero-order valence-electron chi connectivity index (χ0n) is 17.4. The van der Waals surface area contributed by atoms with E-state index in [1.807, 2.05) is 30.6 Å². The number of benzene rings is 1. The smallest absolute Gasteiger partial charge is 0.223 e. The summed E-state index contributed by atoms with van der Waals surface area (Å²) in [6.07, 6.45) is 10.4. The lowest BCUT2D eigenvalue weighted by Gasteiger charge is -2.35. The lowest BCUT2D eigenvalue weighted by atomic mass is 9.93. The number of carbonyl (C=O) groups is 1. The van der Waals surface area contributed by atoms with Crippen molar-refractivity contribution in [2.45, 2.75) is 71.5 Å². The zero-order valence-corrected chi connectivity index (χ0v) is 17.4. The normalized spacial score (nSPS) is 15.0. The predicted molar refractivity (Wildman–Crippen MR) is 111 cm³/mol. The lowest BCUT2D eigenvalue weighted by molar-refractivity contribution is -0.135. The molecule has 0 saturated heterocycles. The molecule has 1 aromatic carbocycles. The molecule has 1 saturated carbocycles. The molecule has 28 heavy (non-hydrogen) atoms. The first-order valence-electron chi connectivity index (χ1n) is 10.5. The number of nitrogens with zero attached hydrogens (tertiary/aromatic N) is 3. The van der Waals surface area contributed by atoms with Crippen molar-refractivity contribution in [2.24, 2.45) is 5.92 Å². The van der Waals surface area contributed by atoms with Gasteiger partial charge in [0.1, 0.15) is 11.6 Å². The van der Waals surface area contributed by atoms with Crippen LogP contribution in [0, 0.1) is 5.92 Å². The molecule has 1 fully saturated rings. The fourth-order valence-electron chi connectivity index (χ4n) is 4.04. The van der Waals surface area contributed by atoms with Crippen LogP contribution in [0.2, 0.25) is 0 Å². The summed E-state index contributed by atoms with van der Waals surface area (Å²) in [7, 11) is 1.68. The van der Waals surface area contributed by atoms with Gasteiger partial charge in [-0.05, 0) is 36.5 Å². The molecule has 0 atom stereocenters. The van der Waals surface area contributed by atoms with Crippen molar-refractivity contribution in [3.63, 3.8) is 0 Å². The van der Waals surface area contributed by atoms with Crippen LogP contribution >= 0.6 is 0 Å². The third-order valence-electron chi connectivity index (χ3n) is 5.52. The third kappa shape index (κ3) is 5.37. The molecular weight excluding hydrogens is 350 g/mol. The molecule has 1 amide bonds. The van der Waals surface area contributed by atoms with E-state index in [2.05, 4.69) is 34.4 Å². The van der Waals surface area contributed by atoms with Crippen molar-refractivity contribution < 1.29 is 9.53 Å². The van der Waals surface area contributed by atoms with Crippen molar-refractivity contribution in [3.05, 3.63) is 48.0 Å². The monoisotopic (exact) mass is 383 g/mol. The summed E-state index contributed by atoms with van der Waals surface area (Å²) in [5.74, 6) is 2.44. The maximum atomic E-state index is 13.0. The predicted octanol–water partition coefficient (Wildman–Crippen LogP) is 4.65. The minimum atomic E-state index is 0.262. The molecule has 5 heteroatoms. The number of hydrogen-bond acceptors (Lipinski definition) is 3. The molecular formula is C23H33N3O2. The Morgan fingerprint density at radius 1 is 1.29 bits per heavy atom. The third-order valence-corrected chi connectivity index (χ3v) is 5.52. The average molecular weight is 384 g/mol. The Kier molecular flexibility index (Phi) is 7.12. The maximum absolute atomic E-state index is 13.0. The van der Waals surface area contributed by atoms with Gasteiger partial charge in [-0.3, -0.25) is 4.79 Å². The lowest BCUT2D eigenvalue weighted by Crippen LogP contribution is -2.42. The Balaban J connectivity index is 1.77. The molecule has 0 spiro atoms. The first-order chi connectivity index (χ1) is 13.6. The van der Waals surface area contributed by atoms with E-state index in [1.54, 1.807) is 7.11 Å². The van der Waals surface area contributed by atoms with Crippen LogP contribution in [0.15, 0.2) is 36.7 Å². The second-order valence-electron chi connectivity index (χ2n) is 8.23. The van der Waals surface area contributed by atoms with Crippen molar-refractivity contribution in [2.75, 3.05) is 7.11 Å². The van der Waals surface area contributed by atoms with E-state index in [0.29, 0.717) is 24.9 Å². The second kappa shape index (κ2) is 9.76. The van der Waals surface area contributed by atoms with E-state index < -0.39 is 0 Å². The molecule has 2 aromatic rings. The maximum Gasteiger partial charge on any atom is 0.223 e. The van der Waals surface area contributed by atoms with Crippen molar-refractivity contribution in [3.8, 4) is 5.75 Å². The van der Waals surface area contributed by atoms with E-state index in [9.17, 15) is 4.79 Å². The molecule has 0 unspecified atom stereocenters. The average Bonchev–Trinajstić information content (AvgIpc) is 3.13. The quantitative estimate of drug-likeness (QED) is 0.667. The zero-order chi connectivity index (χ0) is 19.9. The van der Waals surface area contributed by atoms with Crippen LogP contribution in [0.1, 0.15) is 63.8 Å². The van der Waals surface area contributed by atoms with Gasteiger partial charge in [0, 0.05) is 31.4 Å². The molecule has 0 N–H and O–H groups in total. The van der Waals surface area contributed by atoms with Crippen LogP contribution in [-0.4, -0.2) is 33.5 Å².